The van der Waals surface area contributed by atoms with Crippen LogP contribution in [0.2, 0.25) is 0 Å². The minimum absolute atomic E-state index is 0.316. The third-order valence-corrected chi connectivity index (χ3v) is 2.86. The van der Waals surface area contributed by atoms with Crippen molar-refractivity contribution in [2.45, 2.75) is 29.7 Å². The number of hydrogen-bond donors (Lipinski definition) is 0. The van der Waals surface area contributed by atoms with E-state index in [1.807, 2.05) is 0 Å². The molecule has 1 rings (SSSR count). The molecular formula is C11H11F4S. The van der Waals surface area contributed by atoms with Crippen LogP contribution in [-0.2, 0) is 6.42 Å². The van der Waals surface area contributed by atoms with Crippen molar-refractivity contribution in [1.29, 1.82) is 0 Å². The minimum atomic E-state index is -4.46. The second-order valence-electron chi connectivity index (χ2n) is 3.23. The van der Waals surface area contributed by atoms with Crippen LogP contribution in [0.1, 0.15) is 18.4 Å². The largest absolute Gasteiger partial charge is 0.446 e. The van der Waals surface area contributed by atoms with E-state index < -0.39 is 23.1 Å². The smallest absolute Gasteiger partial charge is 0.206 e. The van der Waals surface area contributed by atoms with Gasteiger partial charge >= 0.3 is 5.51 Å². The Bertz CT molecular complexity index is 346. The van der Waals surface area contributed by atoms with Crippen molar-refractivity contribution in [1.82, 2.24) is 0 Å². The van der Waals surface area contributed by atoms with Gasteiger partial charge in [-0.05, 0) is 36.2 Å². The van der Waals surface area contributed by atoms with E-state index in [0.717, 1.165) is 6.07 Å². The molecule has 0 fully saturated rings. The van der Waals surface area contributed by atoms with Crippen molar-refractivity contribution in [2.75, 3.05) is 0 Å². The molecule has 5 heteroatoms. The number of benzene rings is 1. The van der Waals surface area contributed by atoms with Gasteiger partial charge in [0.25, 0.3) is 0 Å². The van der Waals surface area contributed by atoms with E-state index in [9.17, 15) is 17.6 Å². The first-order valence-corrected chi connectivity index (χ1v) is 5.58. The molecule has 0 aliphatic rings. The summed E-state index contributed by atoms with van der Waals surface area (Å²) in [4.78, 5) is -0.316. The van der Waals surface area contributed by atoms with Crippen molar-refractivity contribution in [3.05, 3.63) is 36.5 Å². The van der Waals surface area contributed by atoms with Crippen LogP contribution >= 0.6 is 11.8 Å². The Labute approximate surface area is 96.0 Å². The number of aryl methyl sites for hydroxylation is 1. The van der Waals surface area contributed by atoms with Crippen LogP contribution in [-0.4, -0.2) is 5.51 Å². The molecule has 16 heavy (non-hydrogen) atoms. The number of rotatable bonds is 4. The highest BCUT2D eigenvalue weighted by atomic mass is 32.2. The van der Waals surface area contributed by atoms with Crippen molar-refractivity contribution < 1.29 is 17.6 Å². The second kappa shape index (κ2) is 5.57. The van der Waals surface area contributed by atoms with Crippen LogP contribution in [0.5, 0.6) is 0 Å². The lowest BCUT2D eigenvalue weighted by molar-refractivity contribution is -0.0329. The standard InChI is InChI=1S/C11H11F4S/c1-2-3-5-8-6-4-7-9(12)10(8)16-11(13,14)15/h4,6-7H,1-3,5H2. The number of hydrogen-bond acceptors (Lipinski definition) is 1. The zero-order valence-corrected chi connectivity index (χ0v) is 9.30. The molecule has 0 saturated heterocycles. The third-order valence-electron chi connectivity index (χ3n) is 1.96. The predicted molar refractivity (Wildman–Crippen MR) is 56.6 cm³/mol. The maximum Gasteiger partial charge on any atom is 0.446 e. The van der Waals surface area contributed by atoms with Crippen LogP contribution in [0.15, 0.2) is 23.1 Å². The molecule has 0 nitrogen and oxygen atoms in total. The molecule has 0 aromatic heterocycles. The van der Waals surface area contributed by atoms with E-state index in [1.165, 1.54) is 12.1 Å². The van der Waals surface area contributed by atoms with Gasteiger partial charge in [-0.2, -0.15) is 13.2 Å². The molecule has 0 spiro atoms. The van der Waals surface area contributed by atoms with Gasteiger partial charge in [0.1, 0.15) is 5.82 Å². The average molecular weight is 251 g/mol. The van der Waals surface area contributed by atoms with Crippen LogP contribution in [0, 0.1) is 12.7 Å². The van der Waals surface area contributed by atoms with Crippen LogP contribution in [0.3, 0.4) is 0 Å². The lowest BCUT2D eigenvalue weighted by Gasteiger charge is -2.11. The van der Waals surface area contributed by atoms with E-state index >= 15 is 0 Å². The van der Waals surface area contributed by atoms with Gasteiger partial charge in [-0.15, -0.1) is 0 Å². The first-order chi connectivity index (χ1) is 7.44. The fourth-order valence-electron chi connectivity index (χ4n) is 1.30. The number of alkyl halides is 3. The molecule has 1 radical (unpaired) electrons. The molecule has 0 N–H and O–H groups in total. The van der Waals surface area contributed by atoms with E-state index in [4.69, 9.17) is 0 Å². The summed E-state index contributed by atoms with van der Waals surface area (Å²) in [5, 5.41) is 0. The third kappa shape index (κ3) is 4.04. The molecule has 0 saturated carbocycles. The fourth-order valence-corrected chi connectivity index (χ4v) is 1.99. The fraction of sp³-hybridized carbons (Fsp3) is 0.364. The van der Waals surface area contributed by atoms with Crippen molar-refractivity contribution >= 4 is 11.8 Å². The summed E-state index contributed by atoms with van der Waals surface area (Å²) in [6.07, 6.45) is 1.68. The highest BCUT2D eigenvalue weighted by Gasteiger charge is 2.31. The van der Waals surface area contributed by atoms with Crippen LogP contribution < -0.4 is 0 Å². The van der Waals surface area contributed by atoms with Gasteiger partial charge in [0, 0.05) is 0 Å². The van der Waals surface area contributed by atoms with Gasteiger partial charge in [0.05, 0.1) is 4.90 Å². The number of thioether (sulfide) groups is 1. The maximum atomic E-state index is 13.3. The summed E-state index contributed by atoms with van der Waals surface area (Å²) < 4.78 is 49.9. The average Bonchev–Trinajstić information content (AvgIpc) is 2.17. The van der Waals surface area contributed by atoms with Crippen LogP contribution in [0.25, 0.3) is 0 Å². The Morgan fingerprint density at radius 1 is 1.25 bits per heavy atom. The summed E-state index contributed by atoms with van der Waals surface area (Å²) in [7, 11) is 0. The van der Waals surface area contributed by atoms with E-state index in [2.05, 4.69) is 6.92 Å². The van der Waals surface area contributed by atoms with Crippen molar-refractivity contribution in [3.8, 4) is 0 Å². The Balaban J connectivity index is 2.94. The molecule has 1 aromatic rings. The SMILES string of the molecule is [CH2]CCCc1cccc(F)c1SC(F)(F)F. The lowest BCUT2D eigenvalue weighted by atomic mass is 10.1. The molecule has 0 atom stereocenters. The van der Waals surface area contributed by atoms with Gasteiger partial charge in [-0.1, -0.05) is 25.5 Å². The summed E-state index contributed by atoms with van der Waals surface area (Å²) in [5.41, 5.74) is -4.06. The second-order valence-corrected chi connectivity index (χ2v) is 4.31. The van der Waals surface area contributed by atoms with Gasteiger partial charge in [-0.3, -0.25) is 0 Å². The predicted octanol–water partition coefficient (Wildman–Crippen LogP) is 4.59. The van der Waals surface area contributed by atoms with Gasteiger partial charge in [-0.25, -0.2) is 4.39 Å². The summed E-state index contributed by atoms with van der Waals surface area (Å²) in [5.74, 6) is -0.816. The summed E-state index contributed by atoms with van der Waals surface area (Å²) in [6.45, 7) is 3.60. The Morgan fingerprint density at radius 3 is 2.50 bits per heavy atom. The Kier molecular flexibility index (Phi) is 4.65. The quantitative estimate of drug-likeness (QED) is 0.557. The summed E-state index contributed by atoms with van der Waals surface area (Å²) >= 11 is -0.391. The highest BCUT2D eigenvalue weighted by molar-refractivity contribution is 8.00. The molecule has 0 aliphatic heterocycles. The monoisotopic (exact) mass is 251 g/mol. The van der Waals surface area contributed by atoms with Gasteiger partial charge in [0.15, 0.2) is 0 Å². The van der Waals surface area contributed by atoms with Crippen LogP contribution in [0.4, 0.5) is 17.6 Å². The van der Waals surface area contributed by atoms with E-state index in [-0.39, 0.29) is 4.90 Å². The molecule has 0 amide bonds. The molecule has 0 aliphatic carbocycles. The molecule has 0 heterocycles. The molecule has 0 bridgehead atoms. The number of halogens is 4. The number of unbranched alkanes of at least 4 members (excludes halogenated alkanes) is 1. The molecular weight excluding hydrogens is 240 g/mol. The minimum Gasteiger partial charge on any atom is -0.206 e. The lowest BCUT2D eigenvalue weighted by Crippen LogP contribution is -2.03. The van der Waals surface area contributed by atoms with Gasteiger partial charge in [0.2, 0.25) is 0 Å². The van der Waals surface area contributed by atoms with Crippen molar-refractivity contribution in [3.63, 3.8) is 0 Å². The zero-order chi connectivity index (χ0) is 12.2. The first kappa shape index (κ1) is 13.4. The molecule has 89 valence electrons. The van der Waals surface area contributed by atoms with Gasteiger partial charge < -0.3 is 0 Å². The maximum absolute atomic E-state index is 13.3. The zero-order valence-electron chi connectivity index (χ0n) is 8.48. The molecule has 0 unspecified atom stereocenters. The van der Waals surface area contributed by atoms with E-state index in [1.54, 1.807) is 0 Å². The van der Waals surface area contributed by atoms with E-state index in [0.29, 0.717) is 24.8 Å². The Hall–Kier alpha value is -0.710. The first-order valence-electron chi connectivity index (χ1n) is 4.76. The Morgan fingerprint density at radius 2 is 1.94 bits per heavy atom. The normalized spacial score (nSPS) is 11.8. The van der Waals surface area contributed by atoms with Crippen molar-refractivity contribution in [2.24, 2.45) is 0 Å². The molecule has 1 aromatic carbocycles. The highest BCUT2D eigenvalue weighted by Crippen LogP contribution is 2.40. The summed E-state index contributed by atoms with van der Waals surface area (Å²) in [6, 6.07) is 3.99. The topological polar surface area (TPSA) is 0 Å².